The second kappa shape index (κ2) is 7.38. The molecule has 1 heterocycles. The molecule has 0 N–H and O–H groups in total. The number of hydrogen-bond acceptors (Lipinski definition) is 5. The standard InChI is InChI=1S/C14H19ClN2O5S2/c1-2-24(21,22)17-9-7-16(8-10-17)14(18)11-23(19,20)13-5-3-12(15)4-6-13/h3-6H,2,7-11H2,1H3. The van der Waals surface area contributed by atoms with Crippen LogP contribution in [0, 0.1) is 0 Å². The van der Waals surface area contributed by atoms with Crippen LogP contribution in [0.5, 0.6) is 0 Å². The number of rotatable bonds is 5. The van der Waals surface area contributed by atoms with Crippen LogP contribution in [0.3, 0.4) is 0 Å². The highest BCUT2D eigenvalue weighted by Crippen LogP contribution is 2.16. The Labute approximate surface area is 147 Å². The van der Waals surface area contributed by atoms with Crippen LogP contribution < -0.4 is 0 Å². The number of nitrogens with zero attached hydrogens (tertiary/aromatic N) is 2. The number of sulfonamides is 1. The second-order valence-corrected chi connectivity index (χ2v) is 10.1. The molecule has 2 rings (SSSR count). The third kappa shape index (κ3) is 4.47. The van der Waals surface area contributed by atoms with Gasteiger partial charge in [0.25, 0.3) is 0 Å². The molecular formula is C14H19ClN2O5S2. The zero-order chi connectivity index (χ0) is 18.0. The van der Waals surface area contributed by atoms with Gasteiger partial charge in [-0.05, 0) is 31.2 Å². The molecule has 10 heteroatoms. The number of sulfone groups is 1. The molecule has 1 aliphatic heterocycles. The number of amides is 1. The van der Waals surface area contributed by atoms with Crippen LogP contribution >= 0.6 is 11.6 Å². The lowest BCUT2D eigenvalue weighted by Crippen LogP contribution is -2.52. The second-order valence-electron chi connectivity index (χ2n) is 5.39. The molecule has 0 aromatic heterocycles. The van der Waals surface area contributed by atoms with Crippen LogP contribution in [0.1, 0.15) is 6.92 Å². The van der Waals surface area contributed by atoms with Crippen molar-refractivity contribution in [3.63, 3.8) is 0 Å². The van der Waals surface area contributed by atoms with Gasteiger partial charge in [-0.3, -0.25) is 4.79 Å². The number of benzene rings is 1. The van der Waals surface area contributed by atoms with E-state index in [1.165, 1.54) is 33.5 Å². The van der Waals surface area contributed by atoms with Crippen molar-refractivity contribution < 1.29 is 21.6 Å². The van der Waals surface area contributed by atoms with E-state index in [0.717, 1.165) is 0 Å². The Morgan fingerprint density at radius 1 is 1.04 bits per heavy atom. The highest BCUT2D eigenvalue weighted by atomic mass is 35.5. The summed E-state index contributed by atoms with van der Waals surface area (Å²) in [5, 5.41) is 0.411. The highest BCUT2D eigenvalue weighted by Gasteiger charge is 2.30. The Kier molecular flexibility index (Phi) is 5.90. The highest BCUT2D eigenvalue weighted by molar-refractivity contribution is 7.92. The molecular weight excluding hydrogens is 376 g/mol. The van der Waals surface area contributed by atoms with Gasteiger partial charge in [0.05, 0.1) is 10.6 Å². The molecule has 0 unspecified atom stereocenters. The molecule has 7 nitrogen and oxygen atoms in total. The van der Waals surface area contributed by atoms with E-state index in [-0.39, 0.29) is 36.8 Å². The summed E-state index contributed by atoms with van der Waals surface area (Å²) in [5.74, 6) is -1.17. The van der Waals surface area contributed by atoms with Crippen LogP contribution in [0.15, 0.2) is 29.2 Å². The van der Waals surface area contributed by atoms with E-state index < -0.39 is 31.5 Å². The number of piperazine rings is 1. The lowest BCUT2D eigenvalue weighted by molar-refractivity contribution is -0.129. The van der Waals surface area contributed by atoms with Gasteiger partial charge in [-0.2, -0.15) is 4.31 Å². The van der Waals surface area contributed by atoms with Gasteiger partial charge in [0.15, 0.2) is 9.84 Å². The first-order chi connectivity index (χ1) is 11.2. The van der Waals surface area contributed by atoms with Crippen molar-refractivity contribution >= 4 is 37.4 Å². The van der Waals surface area contributed by atoms with Crippen molar-refractivity contribution in [3.8, 4) is 0 Å². The van der Waals surface area contributed by atoms with Crippen molar-refractivity contribution in [2.75, 3.05) is 37.7 Å². The summed E-state index contributed by atoms with van der Waals surface area (Å²) in [4.78, 5) is 13.7. The van der Waals surface area contributed by atoms with Gasteiger partial charge >= 0.3 is 0 Å². The topological polar surface area (TPSA) is 91.8 Å². The van der Waals surface area contributed by atoms with E-state index in [1.54, 1.807) is 6.92 Å². The molecule has 0 saturated carbocycles. The Balaban J connectivity index is 2.00. The smallest absolute Gasteiger partial charge is 0.238 e. The third-order valence-electron chi connectivity index (χ3n) is 3.84. The fraction of sp³-hybridized carbons (Fsp3) is 0.500. The van der Waals surface area contributed by atoms with Crippen LogP contribution in [-0.2, 0) is 24.7 Å². The minimum atomic E-state index is -3.75. The van der Waals surface area contributed by atoms with Crippen molar-refractivity contribution in [1.29, 1.82) is 0 Å². The Morgan fingerprint density at radius 3 is 2.08 bits per heavy atom. The normalized spacial score (nSPS) is 17.0. The molecule has 134 valence electrons. The number of hydrogen-bond donors (Lipinski definition) is 0. The minimum Gasteiger partial charge on any atom is -0.339 e. The molecule has 0 radical (unpaired) electrons. The number of halogens is 1. The number of carbonyl (C=O) groups excluding carboxylic acids is 1. The lowest BCUT2D eigenvalue weighted by atomic mass is 10.3. The molecule has 0 spiro atoms. The van der Waals surface area contributed by atoms with Gasteiger partial charge in [0, 0.05) is 31.2 Å². The Bertz CT molecular complexity index is 798. The van der Waals surface area contributed by atoms with Gasteiger partial charge in [0.2, 0.25) is 15.9 Å². The first-order valence-corrected chi connectivity index (χ1v) is 11.0. The van der Waals surface area contributed by atoms with Crippen LogP contribution in [-0.4, -0.2) is 69.6 Å². The molecule has 1 amide bonds. The maximum absolute atomic E-state index is 12.3. The van der Waals surface area contributed by atoms with Crippen LogP contribution in [0.25, 0.3) is 0 Å². The van der Waals surface area contributed by atoms with Crippen molar-refractivity contribution in [3.05, 3.63) is 29.3 Å². The van der Waals surface area contributed by atoms with Gasteiger partial charge in [0.1, 0.15) is 5.75 Å². The predicted octanol–water partition coefficient (Wildman–Crippen LogP) is 0.608. The minimum absolute atomic E-state index is 0.00585. The number of carbonyl (C=O) groups is 1. The maximum Gasteiger partial charge on any atom is 0.238 e. The van der Waals surface area contributed by atoms with E-state index in [1.807, 2.05) is 0 Å². The van der Waals surface area contributed by atoms with Gasteiger partial charge in [-0.1, -0.05) is 11.6 Å². The fourth-order valence-electron chi connectivity index (χ4n) is 2.38. The molecule has 1 aliphatic rings. The molecule has 1 aromatic carbocycles. The summed E-state index contributed by atoms with van der Waals surface area (Å²) in [6, 6.07) is 5.62. The molecule has 1 aromatic rings. The van der Waals surface area contributed by atoms with Gasteiger partial charge in [-0.15, -0.1) is 0 Å². The maximum atomic E-state index is 12.3. The van der Waals surface area contributed by atoms with Crippen LogP contribution in [0.2, 0.25) is 5.02 Å². The van der Waals surface area contributed by atoms with E-state index in [2.05, 4.69) is 0 Å². The summed E-state index contributed by atoms with van der Waals surface area (Å²) in [7, 11) is -7.04. The molecule has 1 saturated heterocycles. The Morgan fingerprint density at radius 2 is 1.58 bits per heavy atom. The summed E-state index contributed by atoms with van der Waals surface area (Å²) in [5.41, 5.74) is 0. The average molecular weight is 395 g/mol. The summed E-state index contributed by atoms with van der Waals surface area (Å²) in [6.45, 7) is 2.31. The van der Waals surface area contributed by atoms with E-state index in [0.29, 0.717) is 5.02 Å². The molecule has 24 heavy (non-hydrogen) atoms. The largest absolute Gasteiger partial charge is 0.339 e. The first-order valence-electron chi connectivity index (χ1n) is 7.39. The zero-order valence-electron chi connectivity index (χ0n) is 13.2. The predicted molar refractivity (Wildman–Crippen MR) is 91.1 cm³/mol. The van der Waals surface area contributed by atoms with E-state index in [9.17, 15) is 21.6 Å². The summed E-state index contributed by atoms with van der Waals surface area (Å²) < 4.78 is 49.4. The van der Waals surface area contributed by atoms with E-state index >= 15 is 0 Å². The molecule has 0 bridgehead atoms. The van der Waals surface area contributed by atoms with Gasteiger partial charge in [-0.25, -0.2) is 16.8 Å². The fourth-order valence-corrected chi connectivity index (χ4v) is 4.81. The van der Waals surface area contributed by atoms with E-state index in [4.69, 9.17) is 11.6 Å². The van der Waals surface area contributed by atoms with Crippen molar-refractivity contribution in [2.45, 2.75) is 11.8 Å². The first kappa shape index (κ1) is 19.2. The van der Waals surface area contributed by atoms with Crippen molar-refractivity contribution in [2.24, 2.45) is 0 Å². The third-order valence-corrected chi connectivity index (χ3v) is 7.59. The SMILES string of the molecule is CCS(=O)(=O)N1CCN(C(=O)CS(=O)(=O)c2ccc(Cl)cc2)CC1. The molecule has 0 aliphatic carbocycles. The Hall–Kier alpha value is -1.16. The lowest BCUT2D eigenvalue weighted by Gasteiger charge is -2.33. The summed E-state index contributed by atoms with van der Waals surface area (Å²) in [6.07, 6.45) is 0. The average Bonchev–Trinajstić information content (AvgIpc) is 2.55. The van der Waals surface area contributed by atoms with Crippen LogP contribution in [0.4, 0.5) is 0 Å². The van der Waals surface area contributed by atoms with Gasteiger partial charge < -0.3 is 4.90 Å². The molecule has 0 atom stereocenters. The van der Waals surface area contributed by atoms with Crippen molar-refractivity contribution in [1.82, 2.24) is 9.21 Å². The molecule has 1 fully saturated rings. The quantitative estimate of drug-likeness (QED) is 0.729. The summed E-state index contributed by atoms with van der Waals surface area (Å²) >= 11 is 5.73. The monoisotopic (exact) mass is 394 g/mol. The zero-order valence-corrected chi connectivity index (χ0v) is 15.6.